The summed E-state index contributed by atoms with van der Waals surface area (Å²) in [5.74, 6) is 1.89. The molecule has 1 amide bonds. The Bertz CT molecular complexity index is 1030. The van der Waals surface area contributed by atoms with Crippen molar-refractivity contribution in [2.24, 2.45) is 11.8 Å². The summed E-state index contributed by atoms with van der Waals surface area (Å²) in [5, 5.41) is 7.70. The average Bonchev–Trinajstić information content (AvgIpc) is 3.50. The predicted molar refractivity (Wildman–Crippen MR) is 113 cm³/mol. The minimum atomic E-state index is 0.0930. The first kappa shape index (κ1) is 18.8. The molecule has 3 heterocycles. The third-order valence-electron chi connectivity index (χ3n) is 6.45. The summed E-state index contributed by atoms with van der Waals surface area (Å²) >= 11 is 0. The molecular weight excluding hydrogens is 378 g/mol. The molecule has 7 nitrogen and oxygen atoms in total. The first-order chi connectivity index (χ1) is 14.6. The van der Waals surface area contributed by atoms with Crippen molar-refractivity contribution in [3.8, 4) is 11.4 Å². The molecule has 2 aliphatic heterocycles. The first-order valence-corrected chi connectivity index (χ1v) is 10.2. The first-order valence-electron chi connectivity index (χ1n) is 10.2. The summed E-state index contributed by atoms with van der Waals surface area (Å²) in [6.45, 7) is 2.59. The van der Waals surface area contributed by atoms with Gasteiger partial charge in [0.1, 0.15) is 18.4 Å². The van der Waals surface area contributed by atoms with Crippen molar-refractivity contribution in [3.63, 3.8) is 0 Å². The summed E-state index contributed by atoms with van der Waals surface area (Å²) in [7, 11) is 3.87. The Kier molecular flexibility index (Phi) is 4.75. The van der Waals surface area contributed by atoms with Gasteiger partial charge in [-0.3, -0.25) is 14.3 Å². The highest BCUT2D eigenvalue weighted by Gasteiger charge is 2.47. The van der Waals surface area contributed by atoms with Crippen molar-refractivity contribution in [2.45, 2.75) is 6.04 Å². The number of hydrogen-bond donors (Lipinski definition) is 0. The second-order valence-corrected chi connectivity index (χ2v) is 8.21. The van der Waals surface area contributed by atoms with E-state index in [2.05, 4.69) is 34.3 Å². The SMILES string of the molecule is COc1ccc([C@@H]2[C@@H]3CN(C(=O)c4cccc(-n5cnnc5)c4)C[C@@H]3CN2C)cc1. The maximum Gasteiger partial charge on any atom is 0.253 e. The molecule has 0 saturated carbocycles. The van der Waals surface area contributed by atoms with Gasteiger partial charge in [-0.2, -0.15) is 0 Å². The number of ether oxygens (including phenoxy) is 1. The lowest BCUT2D eigenvalue weighted by Gasteiger charge is -2.27. The number of carbonyl (C=O) groups excluding carboxylic acids is 1. The van der Waals surface area contributed by atoms with Gasteiger partial charge in [0.2, 0.25) is 0 Å². The molecule has 30 heavy (non-hydrogen) atoms. The molecule has 154 valence electrons. The molecule has 7 heteroatoms. The Morgan fingerprint density at radius 1 is 1.03 bits per heavy atom. The summed E-state index contributed by atoms with van der Waals surface area (Å²) in [6, 6.07) is 16.3. The van der Waals surface area contributed by atoms with Gasteiger partial charge in [0.05, 0.1) is 7.11 Å². The highest BCUT2D eigenvalue weighted by atomic mass is 16.5. The van der Waals surface area contributed by atoms with E-state index >= 15 is 0 Å². The summed E-state index contributed by atoms with van der Waals surface area (Å²) in [5.41, 5.74) is 2.88. The van der Waals surface area contributed by atoms with E-state index in [1.54, 1.807) is 19.8 Å². The monoisotopic (exact) mass is 403 g/mol. The number of nitrogens with zero attached hydrogens (tertiary/aromatic N) is 5. The van der Waals surface area contributed by atoms with Crippen LogP contribution in [0.2, 0.25) is 0 Å². The summed E-state index contributed by atoms with van der Waals surface area (Å²) < 4.78 is 7.11. The van der Waals surface area contributed by atoms with Crippen LogP contribution in [0.3, 0.4) is 0 Å². The minimum Gasteiger partial charge on any atom is -0.497 e. The van der Waals surface area contributed by atoms with Crippen molar-refractivity contribution in [1.82, 2.24) is 24.6 Å². The van der Waals surface area contributed by atoms with E-state index in [9.17, 15) is 4.79 Å². The van der Waals surface area contributed by atoms with Crippen LogP contribution in [0.25, 0.3) is 5.69 Å². The van der Waals surface area contributed by atoms with Gasteiger partial charge in [-0.05, 0) is 48.9 Å². The Morgan fingerprint density at radius 3 is 2.53 bits per heavy atom. The van der Waals surface area contributed by atoms with Gasteiger partial charge in [0.25, 0.3) is 5.91 Å². The van der Waals surface area contributed by atoms with E-state index in [1.807, 2.05) is 45.9 Å². The van der Waals surface area contributed by atoms with Gasteiger partial charge in [-0.15, -0.1) is 10.2 Å². The van der Waals surface area contributed by atoms with Crippen LogP contribution in [0.4, 0.5) is 0 Å². The molecule has 0 bridgehead atoms. The van der Waals surface area contributed by atoms with Gasteiger partial charge in [-0.1, -0.05) is 18.2 Å². The number of hydrogen-bond acceptors (Lipinski definition) is 5. The smallest absolute Gasteiger partial charge is 0.253 e. The van der Waals surface area contributed by atoms with Gasteiger partial charge >= 0.3 is 0 Å². The Labute approximate surface area is 175 Å². The maximum atomic E-state index is 13.3. The Morgan fingerprint density at radius 2 is 1.80 bits per heavy atom. The summed E-state index contributed by atoms with van der Waals surface area (Å²) in [4.78, 5) is 17.7. The zero-order valence-electron chi connectivity index (χ0n) is 17.2. The number of benzene rings is 2. The van der Waals surface area contributed by atoms with E-state index < -0.39 is 0 Å². The molecule has 0 unspecified atom stereocenters. The van der Waals surface area contributed by atoms with Gasteiger partial charge in [-0.25, -0.2) is 0 Å². The fourth-order valence-electron chi connectivity index (χ4n) is 5.04. The molecule has 2 aliphatic rings. The van der Waals surface area contributed by atoms with Crippen LogP contribution in [0, 0.1) is 11.8 Å². The quantitative estimate of drug-likeness (QED) is 0.670. The fraction of sp³-hybridized carbons (Fsp3) is 0.348. The zero-order chi connectivity index (χ0) is 20.7. The molecule has 1 aromatic heterocycles. The fourth-order valence-corrected chi connectivity index (χ4v) is 5.04. The molecule has 2 saturated heterocycles. The van der Waals surface area contributed by atoms with E-state index in [4.69, 9.17) is 4.74 Å². The lowest BCUT2D eigenvalue weighted by molar-refractivity contribution is 0.0768. The van der Waals surface area contributed by atoms with Gasteiger partial charge in [0.15, 0.2) is 0 Å². The third kappa shape index (κ3) is 3.25. The van der Waals surface area contributed by atoms with Crippen LogP contribution in [-0.2, 0) is 0 Å². The van der Waals surface area contributed by atoms with Crippen LogP contribution < -0.4 is 4.74 Å². The van der Waals surface area contributed by atoms with Crippen LogP contribution in [0.5, 0.6) is 5.75 Å². The predicted octanol–water partition coefficient (Wildman–Crippen LogP) is 2.65. The molecule has 2 fully saturated rings. The lowest BCUT2D eigenvalue weighted by atomic mass is 9.89. The number of rotatable bonds is 4. The van der Waals surface area contributed by atoms with Crippen LogP contribution in [-0.4, -0.2) is 64.3 Å². The second-order valence-electron chi connectivity index (χ2n) is 8.21. The molecule has 0 radical (unpaired) electrons. The van der Waals surface area contributed by atoms with Crippen LogP contribution in [0.1, 0.15) is 22.0 Å². The molecule has 0 aliphatic carbocycles. The number of aromatic nitrogens is 3. The van der Waals surface area contributed by atoms with Crippen molar-refractivity contribution in [1.29, 1.82) is 0 Å². The Hall–Kier alpha value is -3.19. The van der Waals surface area contributed by atoms with Crippen molar-refractivity contribution in [2.75, 3.05) is 33.8 Å². The highest BCUT2D eigenvalue weighted by Crippen LogP contribution is 2.44. The standard InChI is InChI=1S/C23H25N5O2/c1-26-11-18-12-27(13-21(18)22(26)16-6-8-20(30-2)9-7-16)23(29)17-4-3-5-19(10-17)28-14-24-25-15-28/h3-10,14-15,18,21-22H,11-13H2,1-2H3/t18-,21+,22+/m0/s1. The number of fused-ring (bicyclic) bond motifs is 1. The zero-order valence-corrected chi connectivity index (χ0v) is 17.2. The number of amides is 1. The van der Waals surface area contributed by atoms with E-state index in [0.717, 1.165) is 31.1 Å². The number of likely N-dealkylation sites (tertiary alicyclic amines) is 2. The molecule has 0 spiro atoms. The summed E-state index contributed by atoms with van der Waals surface area (Å²) in [6.07, 6.45) is 3.28. The maximum absolute atomic E-state index is 13.3. The average molecular weight is 403 g/mol. The molecule has 3 atom stereocenters. The van der Waals surface area contributed by atoms with E-state index in [-0.39, 0.29) is 5.91 Å². The van der Waals surface area contributed by atoms with Crippen molar-refractivity contribution >= 4 is 5.91 Å². The number of methoxy groups -OCH3 is 1. The van der Waals surface area contributed by atoms with E-state index in [1.165, 1.54) is 5.56 Å². The van der Waals surface area contributed by atoms with Crippen molar-refractivity contribution < 1.29 is 9.53 Å². The largest absolute Gasteiger partial charge is 0.497 e. The van der Waals surface area contributed by atoms with Gasteiger partial charge < -0.3 is 9.64 Å². The Balaban J connectivity index is 1.35. The lowest BCUT2D eigenvalue weighted by Crippen LogP contribution is -2.33. The minimum absolute atomic E-state index is 0.0930. The molecule has 3 aromatic rings. The molecule has 0 N–H and O–H groups in total. The van der Waals surface area contributed by atoms with Crippen molar-refractivity contribution in [3.05, 3.63) is 72.3 Å². The highest BCUT2D eigenvalue weighted by molar-refractivity contribution is 5.95. The molecule has 5 rings (SSSR count). The number of carbonyl (C=O) groups is 1. The van der Waals surface area contributed by atoms with E-state index in [0.29, 0.717) is 23.4 Å². The molecular formula is C23H25N5O2. The molecule has 2 aromatic carbocycles. The third-order valence-corrected chi connectivity index (χ3v) is 6.45. The van der Waals surface area contributed by atoms with Crippen LogP contribution in [0.15, 0.2) is 61.2 Å². The van der Waals surface area contributed by atoms with Gasteiger partial charge in [0, 0.05) is 42.8 Å². The van der Waals surface area contributed by atoms with Crippen LogP contribution >= 0.6 is 0 Å². The topological polar surface area (TPSA) is 63.5 Å². The normalized spacial score (nSPS) is 23.5. The second kappa shape index (κ2) is 7.57.